The van der Waals surface area contributed by atoms with Crippen molar-refractivity contribution < 1.29 is 4.79 Å². The first kappa shape index (κ1) is 8.26. The first-order valence-electron chi connectivity index (χ1n) is 3.83. The van der Waals surface area contributed by atoms with Crippen molar-refractivity contribution in [3.8, 4) is 0 Å². The predicted molar refractivity (Wildman–Crippen MR) is 51.0 cm³/mol. The van der Waals surface area contributed by atoms with E-state index in [0.29, 0.717) is 5.02 Å². The number of fused-ring (bicyclic) bond motifs is 1. The number of hydrogen-bond acceptors (Lipinski definition) is 2. The Kier molecular flexibility index (Phi) is 1.81. The lowest BCUT2D eigenvalue weighted by Gasteiger charge is -1.96. The molecule has 66 valence electrons. The van der Waals surface area contributed by atoms with Crippen LogP contribution >= 0.6 is 11.6 Å². The lowest BCUT2D eigenvalue weighted by molar-refractivity contribution is 0.0927. The molecule has 0 aliphatic heterocycles. The molecular weight excluding hydrogens is 188 g/mol. The fourth-order valence-corrected chi connectivity index (χ4v) is 1.44. The van der Waals surface area contributed by atoms with Crippen LogP contribution < -0.4 is 0 Å². The van der Waals surface area contributed by atoms with Crippen LogP contribution in [0.3, 0.4) is 0 Å². The minimum atomic E-state index is -0.0997. The molecule has 4 heteroatoms. The lowest BCUT2D eigenvalue weighted by atomic mass is 10.2. The van der Waals surface area contributed by atoms with Crippen LogP contribution in [0.2, 0.25) is 5.02 Å². The molecule has 1 heterocycles. The van der Waals surface area contributed by atoms with Gasteiger partial charge in [-0.3, -0.25) is 4.79 Å². The maximum Gasteiger partial charge on any atom is 0.244 e. The molecule has 0 spiro atoms. The first-order chi connectivity index (χ1) is 6.18. The summed E-state index contributed by atoms with van der Waals surface area (Å²) in [6.07, 6.45) is 1.63. The van der Waals surface area contributed by atoms with Gasteiger partial charge in [0.15, 0.2) is 0 Å². The van der Waals surface area contributed by atoms with Gasteiger partial charge in [0.1, 0.15) is 0 Å². The normalized spacial score (nSPS) is 10.6. The fraction of sp³-hybridized carbons (Fsp3) is 0.111. The van der Waals surface area contributed by atoms with Gasteiger partial charge in [0.05, 0.1) is 11.7 Å². The summed E-state index contributed by atoms with van der Waals surface area (Å²) >= 11 is 5.79. The van der Waals surface area contributed by atoms with E-state index >= 15 is 0 Å². The maximum atomic E-state index is 11.1. The Labute approximate surface area is 79.9 Å². The Balaban J connectivity index is 2.76. The molecule has 3 nitrogen and oxygen atoms in total. The third-order valence-corrected chi connectivity index (χ3v) is 2.06. The van der Waals surface area contributed by atoms with Crippen LogP contribution in [-0.2, 0) is 0 Å². The Morgan fingerprint density at radius 2 is 2.31 bits per heavy atom. The van der Waals surface area contributed by atoms with Crippen molar-refractivity contribution in [2.24, 2.45) is 0 Å². The maximum absolute atomic E-state index is 11.1. The van der Waals surface area contributed by atoms with Crippen LogP contribution in [0.15, 0.2) is 24.4 Å². The summed E-state index contributed by atoms with van der Waals surface area (Å²) in [7, 11) is 0. The van der Waals surface area contributed by atoms with E-state index in [1.165, 1.54) is 11.6 Å². The molecule has 0 amide bonds. The van der Waals surface area contributed by atoms with Gasteiger partial charge in [-0.25, -0.2) is 4.68 Å². The number of carbonyl (C=O) groups excluding carboxylic acids is 1. The molecule has 0 saturated carbocycles. The van der Waals surface area contributed by atoms with Gasteiger partial charge in [-0.15, -0.1) is 0 Å². The fourth-order valence-electron chi connectivity index (χ4n) is 1.25. The first-order valence-corrected chi connectivity index (χ1v) is 4.20. The number of benzene rings is 1. The zero-order chi connectivity index (χ0) is 9.42. The van der Waals surface area contributed by atoms with E-state index in [4.69, 9.17) is 11.6 Å². The van der Waals surface area contributed by atoms with Crippen molar-refractivity contribution in [1.29, 1.82) is 0 Å². The van der Waals surface area contributed by atoms with E-state index in [9.17, 15) is 4.79 Å². The number of nitrogens with zero attached hydrogens (tertiary/aromatic N) is 2. The second-order valence-electron chi connectivity index (χ2n) is 2.78. The molecule has 0 fully saturated rings. The minimum Gasteiger partial charge on any atom is -0.273 e. The number of halogens is 1. The van der Waals surface area contributed by atoms with Gasteiger partial charge in [0, 0.05) is 17.3 Å². The third kappa shape index (κ3) is 1.31. The molecule has 13 heavy (non-hydrogen) atoms. The molecule has 0 atom stereocenters. The molecule has 0 saturated heterocycles. The van der Waals surface area contributed by atoms with E-state index < -0.39 is 0 Å². The highest BCUT2D eigenvalue weighted by molar-refractivity contribution is 6.31. The van der Waals surface area contributed by atoms with E-state index in [1.807, 2.05) is 0 Å². The monoisotopic (exact) mass is 194 g/mol. The van der Waals surface area contributed by atoms with E-state index in [0.717, 1.165) is 10.9 Å². The molecule has 2 rings (SSSR count). The lowest BCUT2D eigenvalue weighted by Crippen LogP contribution is -2.06. The summed E-state index contributed by atoms with van der Waals surface area (Å²) in [6.45, 7) is 1.47. The van der Waals surface area contributed by atoms with Gasteiger partial charge in [0.2, 0.25) is 5.91 Å². The van der Waals surface area contributed by atoms with Gasteiger partial charge in [0.25, 0.3) is 0 Å². The average molecular weight is 195 g/mol. The molecule has 1 aromatic carbocycles. The van der Waals surface area contributed by atoms with Crippen LogP contribution in [0.25, 0.3) is 10.9 Å². The SMILES string of the molecule is CC(=O)n1ncc2cc(Cl)ccc21. The van der Waals surface area contributed by atoms with Gasteiger partial charge in [-0.1, -0.05) is 11.6 Å². The van der Waals surface area contributed by atoms with Crippen LogP contribution in [0.5, 0.6) is 0 Å². The topological polar surface area (TPSA) is 34.9 Å². The van der Waals surface area contributed by atoms with Gasteiger partial charge in [-0.05, 0) is 18.2 Å². The Bertz CT molecular complexity index is 475. The molecule has 0 N–H and O–H groups in total. The molecular formula is C9H7ClN2O. The summed E-state index contributed by atoms with van der Waals surface area (Å²) in [5.74, 6) is -0.0997. The summed E-state index contributed by atoms with van der Waals surface area (Å²) in [5.41, 5.74) is 0.789. The summed E-state index contributed by atoms with van der Waals surface area (Å²) in [5, 5.41) is 5.47. The van der Waals surface area contributed by atoms with Crippen LogP contribution in [0, 0.1) is 0 Å². The van der Waals surface area contributed by atoms with Crippen molar-refractivity contribution in [3.63, 3.8) is 0 Å². The van der Waals surface area contributed by atoms with E-state index in [-0.39, 0.29) is 5.91 Å². The van der Waals surface area contributed by atoms with Crippen molar-refractivity contribution in [1.82, 2.24) is 9.78 Å². The highest BCUT2D eigenvalue weighted by atomic mass is 35.5. The molecule has 0 aliphatic rings. The highest BCUT2D eigenvalue weighted by Crippen LogP contribution is 2.18. The summed E-state index contributed by atoms with van der Waals surface area (Å²) in [6, 6.07) is 5.31. The molecule has 0 bridgehead atoms. The zero-order valence-corrected chi connectivity index (χ0v) is 7.75. The van der Waals surface area contributed by atoms with Crippen molar-refractivity contribution in [3.05, 3.63) is 29.4 Å². The van der Waals surface area contributed by atoms with Crippen LogP contribution in [0.1, 0.15) is 11.7 Å². The summed E-state index contributed by atoms with van der Waals surface area (Å²) in [4.78, 5) is 11.1. The van der Waals surface area contributed by atoms with Crippen LogP contribution in [0.4, 0.5) is 0 Å². The van der Waals surface area contributed by atoms with Crippen molar-refractivity contribution in [2.45, 2.75) is 6.92 Å². The molecule has 1 aromatic heterocycles. The Morgan fingerprint density at radius 1 is 1.54 bits per heavy atom. The number of hydrogen-bond donors (Lipinski definition) is 0. The molecule has 2 aromatic rings. The standard InChI is InChI=1S/C9H7ClN2O/c1-6(13)12-9-3-2-8(10)4-7(9)5-11-12/h2-5H,1H3. The van der Waals surface area contributed by atoms with Crippen molar-refractivity contribution in [2.75, 3.05) is 0 Å². The average Bonchev–Trinajstić information content (AvgIpc) is 2.46. The van der Waals surface area contributed by atoms with Crippen molar-refractivity contribution >= 4 is 28.4 Å². The summed E-state index contributed by atoms with van der Waals surface area (Å²) < 4.78 is 1.35. The van der Waals surface area contributed by atoms with E-state index in [2.05, 4.69) is 5.10 Å². The largest absolute Gasteiger partial charge is 0.273 e. The van der Waals surface area contributed by atoms with Crippen LogP contribution in [-0.4, -0.2) is 15.7 Å². The van der Waals surface area contributed by atoms with E-state index in [1.54, 1.807) is 24.4 Å². The molecule has 0 unspecified atom stereocenters. The Morgan fingerprint density at radius 3 is 3.00 bits per heavy atom. The zero-order valence-electron chi connectivity index (χ0n) is 6.99. The van der Waals surface area contributed by atoms with Gasteiger partial charge in [-0.2, -0.15) is 5.10 Å². The second-order valence-corrected chi connectivity index (χ2v) is 3.21. The number of carbonyl (C=O) groups is 1. The molecule has 0 radical (unpaired) electrons. The van der Waals surface area contributed by atoms with Gasteiger partial charge >= 0.3 is 0 Å². The second kappa shape index (κ2) is 2.85. The minimum absolute atomic E-state index is 0.0997. The quantitative estimate of drug-likeness (QED) is 0.645. The third-order valence-electron chi connectivity index (χ3n) is 1.83. The smallest absolute Gasteiger partial charge is 0.244 e. The predicted octanol–water partition coefficient (Wildman–Crippen LogP) is 2.35. The van der Waals surface area contributed by atoms with Gasteiger partial charge < -0.3 is 0 Å². The highest BCUT2D eigenvalue weighted by Gasteiger charge is 2.05. The Hall–Kier alpha value is -1.35. The number of rotatable bonds is 0. The molecule has 0 aliphatic carbocycles. The number of aromatic nitrogens is 2.